The minimum Gasteiger partial charge on any atom is -0.465 e. The van der Waals surface area contributed by atoms with Crippen molar-refractivity contribution in [3.8, 4) is 0 Å². The number of carbonyl (C=O) groups is 1. The monoisotopic (exact) mass is 312 g/mol. The van der Waals surface area contributed by atoms with E-state index >= 15 is 0 Å². The van der Waals surface area contributed by atoms with Crippen molar-refractivity contribution in [1.82, 2.24) is 9.88 Å². The summed E-state index contributed by atoms with van der Waals surface area (Å²) < 4.78 is 6.08. The molecule has 0 saturated carbocycles. The predicted octanol–water partition coefficient (Wildman–Crippen LogP) is 2.37. The first-order chi connectivity index (χ1) is 8.70. The van der Waals surface area contributed by atoms with E-state index in [1.807, 2.05) is 19.2 Å². The summed E-state index contributed by atoms with van der Waals surface area (Å²) in [6.07, 6.45) is 5.53. The van der Waals surface area contributed by atoms with Gasteiger partial charge in [-0.15, -0.1) is 0 Å². The number of nitrogens with zero attached hydrogens (tertiary/aromatic N) is 2. The van der Waals surface area contributed by atoms with Crippen LogP contribution in [0.15, 0.2) is 22.9 Å². The van der Waals surface area contributed by atoms with Gasteiger partial charge in [0, 0.05) is 23.4 Å². The summed E-state index contributed by atoms with van der Waals surface area (Å²) >= 11 is 3.41. The molecule has 0 bridgehead atoms. The Hall–Kier alpha value is -0.940. The molecule has 0 aromatic carbocycles. The lowest BCUT2D eigenvalue weighted by Crippen LogP contribution is -2.36. The van der Waals surface area contributed by atoms with Gasteiger partial charge in [-0.3, -0.25) is 14.7 Å². The zero-order chi connectivity index (χ0) is 13.0. The quantitative estimate of drug-likeness (QED) is 0.801. The Bertz CT molecular complexity index is 425. The Morgan fingerprint density at radius 1 is 1.61 bits per heavy atom. The van der Waals surface area contributed by atoms with Crippen LogP contribution in [0.1, 0.15) is 25.3 Å². The fourth-order valence-corrected chi connectivity index (χ4v) is 2.71. The number of rotatable bonds is 4. The van der Waals surface area contributed by atoms with Crippen molar-refractivity contribution in [3.05, 3.63) is 28.5 Å². The van der Waals surface area contributed by atoms with E-state index < -0.39 is 0 Å². The lowest BCUT2D eigenvalue weighted by atomic mass is 10.2. The summed E-state index contributed by atoms with van der Waals surface area (Å²) in [7, 11) is 0. The molecule has 0 amide bonds. The Morgan fingerprint density at radius 2 is 2.44 bits per heavy atom. The van der Waals surface area contributed by atoms with Crippen molar-refractivity contribution in [3.63, 3.8) is 0 Å². The molecule has 0 N–H and O–H groups in total. The smallest absolute Gasteiger partial charge is 0.323 e. The van der Waals surface area contributed by atoms with Crippen LogP contribution in [0.4, 0.5) is 0 Å². The van der Waals surface area contributed by atoms with E-state index in [1.165, 1.54) is 0 Å². The van der Waals surface area contributed by atoms with Gasteiger partial charge in [0.25, 0.3) is 0 Å². The van der Waals surface area contributed by atoms with Crippen molar-refractivity contribution in [2.75, 3.05) is 13.2 Å². The first-order valence-corrected chi connectivity index (χ1v) is 7.00. The third-order valence-electron chi connectivity index (χ3n) is 3.07. The minimum absolute atomic E-state index is 0.0936. The van der Waals surface area contributed by atoms with Crippen molar-refractivity contribution >= 4 is 21.9 Å². The van der Waals surface area contributed by atoms with E-state index in [0.717, 1.165) is 36.0 Å². The maximum absolute atomic E-state index is 11.8. The highest BCUT2D eigenvalue weighted by atomic mass is 79.9. The fourth-order valence-electron chi connectivity index (χ4n) is 2.30. The highest BCUT2D eigenvalue weighted by Gasteiger charge is 2.31. The molecule has 98 valence electrons. The Labute approximate surface area is 115 Å². The van der Waals surface area contributed by atoms with E-state index in [1.54, 1.807) is 6.20 Å². The van der Waals surface area contributed by atoms with Gasteiger partial charge in [-0.2, -0.15) is 0 Å². The molecule has 2 heterocycles. The van der Waals surface area contributed by atoms with Crippen molar-refractivity contribution in [1.29, 1.82) is 0 Å². The highest BCUT2D eigenvalue weighted by Crippen LogP contribution is 2.21. The van der Waals surface area contributed by atoms with Crippen LogP contribution >= 0.6 is 15.9 Å². The molecule has 0 aliphatic carbocycles. The van der Waals surface area contributed by atoms with Crippen LogP contribution in [0.2, 0.25) is 0 Å². The van der Waals surface area contributed by atoms with Crippen LogP contribution in [-0.2, 0) is 16.1 Å². The molecule has 0 spiro atoms. The number of halogens is 1. The number of hydrogen-bond donors (Lipinski definition) is 0. The standard InChI is InChI=1S/C13H17BrN2O2/c1-2-18-13(17)12-4-3-5-16(12)9-10-6-11(14)8-15-7-10/h6-8,12H,2-5,9H2,1H3. The summed E-state index contributed by atoms with van der Waals surface area (Å²) in [5.41, 5.74) is 1.11. The molecular formula is C13H17BrN2O2. The zero-order valence-electron chi connectivity index (χ0n) is 10.4. The summed E-state index contributed by atoms with van der Waals surface area (Å²) in [5, 5.41) is 0. The molecule has 1 unspecified atom stereocenters. The molecule has 1 atom stereocenters. The number of esters is 1. The number of likely N-dealkylation sites (tertiary alicyclic amines) is 1. The first kappa shape index (κ1) is 13.5. The largest absolute Gasteiger partial charge is 0.465 e. The molecule has 18 heavy (non-hydrogen) atoms. The maximum Gasteiger partial charge on any atom is 0.323 e. The number of pyridine rings is 1. The predicted molar refractivity (Wildman–Crippen MR) is 72.0 cm³/mol. The normalized spacial score (nSPS) is 20.0. The Morgan fingerprint density at radius 3 is 3.17 bits per heavy atom. The van der Waals surface area contributed by atoms with Gasteiger partial charge in [-0.1, -0.05) is 0 Å². The van der Waals surface area contributed by atoms with E-state index in [0.29, 0.717) is 6.61 Å². The molecule has 1 aliphatic rings. The molecule has 5 heteroatoms. The van der Waals surface area contributed by atoms with Gasteiger partial charge < -0.3 is 4.74 Å². The van der Waals surface area contributed by atoms with Crippen molar-refractivity contribution < 1.29 is 9.53 Å². The molecule has 1 fully saturated rings. The summed E-state index contributed by atoms with van der Waals surface area (Å²) in [5.74, 6) is -0.0991. The molecule has 0 radical (unpaired) electrons. The van der Waals surface area contributed by atoms with Crippen LogP contribution in [-0.4, -0.2) is 35.0 Å². The molecular weight excluding hydrogens is 296 g/mol. The first-order valence-electron chi connectivity index (χ1n) is 6.21. The average molecular weight is 313 g/mol. The highest BCUT2D eigenvalue weighted by molar-refractivity contribution is 9.10. The maximum atomic E-state index is 11.8. The van der Waals surface area contributed by atoms with Crippen LogP contribution in [0, 0.1) is 0 Å². The Balaban J connectivity index is 2.01. The second-order valence-electron chi connectivity index (χ2n) is 4.39. The zero-order valence-corrected chi connectivity index (χ0v) is 12.0. The van der Waals surface area contributed by atoms with E-state index in [9.17, 15) is 4.79 Å². The van der Waals surface area contributed by atoms with Crippen LogP contribution < -0.4 is 0 Å². The summed E-state index contributed by atoms with van der Waals surface area (Å²) in [6.45, 7) is 3.98. The van der Waals surface area contributed by atoms with Gasteiger partial charge in [0.1, 0.15) is 6.04 Å². The third-order valence-corrected chi connectivity index (χ3v) is 3.50. The molecule has 1 aromatic heterocycles. The fraction of sp³-hybridized carbons (Fsp3) is 0.538. The summed E-state index contributed by atoms with van der Waals surface area (Å²) in [4.78, 5) is 18.1. The number of ether oxygens (including phenoxy) is 1. The summed E-state index contributed by atoms with van der Waals surface area (Å²) in [6, 6.07) is 1.94. The van der Waals surface area contributed by atoms with Gasteiger partial charge in [0.05, 0.1) is 6.61 Å². The Kier molecular flexibility index (Phi) is 4.72. The minimum atomic E-state index is -0.0991. The molecule has 2 rings (SSSR count). The average Bonchev–Trinajstić information content (AvgIpc) is 2.77. The van der Waals surface area contributed by atoms with Crippen molar-refractivity contribution in [2.45, 2.75) is 32.4 Å². The SMILES string of the molecule is CCOC(=O)C1CCCN1Cc1cncc(Br)c1. The number of hydrogen-bond acceptors (Lipinski definition) is 4. The second kappa shape index (κ2) is 6.29. The third kappa shape index (κ3) is 3.29. The molecule has 1 aliphatic heterocycles. The van der Waals surface area contributed by atoms with Crippen LogP contribution in [0.3, 0.4) is 0 Å². The van der Waals surface area contributed by atoms with E-state index in [4.69, 9.17) is 4.74 Å². The lowest BCUT2D eigenvalue weighted by molar-refractivity contribution is -0.148. The second-order valence-corrected chi connectivity index (χ2v) is 5.31. The van der Waals surface area contributed by atoms with Gasteiger partial charge in [0.15, 0.2) is 0 Å². The number of aromatic nitrogens is 1. The molecule has 1 saturated heterocycles. The van der Waals surface area contributed by atoms with Gasteiger partial charge in [-0.25, -0.2) is 0 Å². The van der Waals surface area contributed by atoms with Crippen molar-refractivity contribution in [2.24, 2.45) is 0 Å². The molecule has 1 aromatic rings. The van der Waals surface area contributed by atoms with Gasteiger partial charge >= 0.3 is 5.97 Å². The van der Waals surface area contributed by atoms with Crippen LogP contribution in [0.25, 0.3) is 0 Å². The van der Waals surface area contributed by atoms with Gasteiger partial charge in [0.2, 0.25) is 0 Å². The van der Waals surface area contributed by atoms with Crippen LogP contribution in [0.5, 0.6) is 0 Å². The topological polar surface area (TPSA) is 42.4 Å². The van der Waals surface area contributed by atoms with E-state index in [-0.39, 0.29) is 12.0 Å². The molecule has 4 nitrogen and oxygen atoms in total. The van der Waals surface area contributed by atoms with Gasteiger partial charge in [-0.05, 0) is 53.9 Å². The van der Waals surface area contributed by atoms with E-state index in [2.05, 4.69) is 25.8 Å². The lowest BCUT2D eigenvalue weighted by Gasteiger charge is -2.22. The number of carbonyl (C=O) groups excluding carboxylic acids is 1.